The Morgan fingerprint density at radius 3 is 1.41 bits per heavy atom. The molecule has 2 heterocycles. The number of hydrogen-bond donors (Lipinski definition) is 0. The van der Waals surface area contributed by atoms with Crippen LogP contribution in [0.5, 0.6) is 11.5 Å². The van der Waals surface area contributed by atoms with Gasteiger partial charge in [0.25, 0.3) is 12.4 Å². The van der Waals surface area contributed by atoms with Crippen molar-refractivity contribution in [1.29, 1.82) is 0 Å². The van der Waals surface area contributed by atoms with Crippen molar-refractivity contribution >= 4 is 28.8 Å². The third-order valence-electron chi connectivity index (χ3n) is 4.84. The molecular weight excluding hydrogens is 579 g/mol. The van der Waals surface area contributed by atoms with E-state index in [4.69, 9.17) is 4.74 Å². The smallest absolute Gasteiger partial charge is 0.652 e. The largest absolute Gasteiger partial charge is 1.00 e. The topological polar surface area (TPSA) is 29.4 Å². The minimum absolute atomic E-state index is 0. The molecule has 0 amide bonds. The zero-order valence-corrected chi connectivity index (χ0v) is 19.3. The SMILES string of the molecule is C1=[N+](c2ccccc2)C=C[N+]=1c1ccccc1.[Au+].c1ccc2c(c1)[N-]c1ccccc1O2. The van der Waals surface area contributed by atoms with Crippen LogP contribution in [0.3, 0.4) is 0 Å². The van der Waals surface area contributed by atoms with Crippen molar-refractivity contribution in [3.8, 4) is 11.5 Å². The fraction of sp³-hybridized carbons (Fsp3) is 0. The molecule has 5 heteroatoms. The zero-order valence-electron chi connectivity index (χ0n) is 17.1. The summed E-state index contributed by atoms with van der Waals surface area (Å²) in [4.78, 5) is 0. The predicted octanol–water partition coefficient (Wildman–Crippen LogP) is 7.46. The molecule has 0 fully saturated rings. The van der Waals surface area contributed by atoms with E-state index in [1.807, 2.05) is 106 Å². The molecule has 6 rings (SSSR count). The molecule has 0 saturated heterocycles. The van der Waals surface area contributed by atoms with Crippen LogP contribution in [0.25, 0.3) is 5.32 Å². The van der Waals surface area contributed by atoms with Gasteiger partial charge in [-0.25, -0.2) is 0 Å². The van der Waals surface area contributed by atoms with Crippen LogP contribution in [0.2, 0.25) is 0 Å². The van der Waals surface area contributed by atoms with Crippen LogP contribution in [0.4, 0.5) is 22.7 Å². The van der Waals surface area contributed by atoms with E-state index < -0.39 is 0 Å². The second-order valence-electron chi connectivity index (χ2n) is 6.96. The number of benzene rings is 4. The molecule has 4 aromatic carbocycles. The fourth-order valence-electron chi connectivity index (χ4n) is 3.30. The first-order valence-electron chi connectivity index (χ1n) is 10.1. The third kappa shape index (κ3) is 4.80. The van der Waals surface area contributed by atoms with E-state index in [0.717, 1.165) is 34.2 Å². The van der Waals surface area contributed by atoms with Crippen molar-refractivity contribution in [2.75, 3.05) is 0 Å². The van der Waals surface area contributed by atoms with Gasteiger partial charge in [0, 0.05) is 24.3 Å². The Morgan fingerprint density at radius 1 is 0.531 bits per heavy atom. The van der Waals surface area contributed by atoms with Crippen molar-refractivity contribution in [3.05, 3.63) is 127 Å². The molecule has 4 nitrogen and oxygen atoms in total. The summed E-state index contributed by atoms with van der Waals surface area (Å²) in [6.45, 7) is 0. The molecule has 158 valence electrons. The number of fused-ring (bicyclic) bond motifs is 2. The Balaban J connectivity index is 0.000000151. The minimum Gasteiger partial charge on any atom is -0.652 e. The summed E-state index contributed by atoms with van der Waals surface area (Å²) < 4.78 is 9.64. The maximum Gasteiger partial charge on any atom is 1.00 e. The van der Waals surface area contributed by atoms with Crippen LogP contribution in [-0.4, -0.2) is 15.2 Å². The van der Waals surface area contributed by atoms with Crippen LogP contribution >= 0.6 is 0 Å². The molecule has 0 N–H and O–H groups in total. The van der Waals surface area contributed by atoms with Gasteiger partial charge in [0.15, 0.2) is 0 Å². The maximum absolute atomic E-state index is 5.68. The Bertz CT molecular complexity index is 1170. The van der Waals surface area contributed by atoms with E-state index in [-0.39, 0.29) is 22.4 Å². The molecule has 0 atom stereocenters. The van der Waals surface area contributed by atoms with Crippen LogP contribution in [0.1, 0.15) is 0 Å². The van der Waals surface area contributed by atoms with Crippen molar-refractivity contribution in [2.45, 2.75) is 0 Å². The van der Waals surface area contributed by atoms with Crippen molar-refractivity contribution in [1.82, 2.24) is 0 Å². The first-order valence-corrected chi connectivity index (χ1v) is 10.1. The molecule has 0 bridgehead atoms. The van der Waals surface area contributed by atoms with Gasteiger partial charge in [-0.3, -0.25) is 0 Å². The summed E-state index contributed by atoms with van der Waals surface area (Å²) in [5.74, 6) is 1.65. The summed E-state index contributed by atoms with van der Waals surface area (Å²) in [6, 6.07) is 39.2. The van der Waals surface area contributed by atoms with Crippen molar-refractivity contribution < 1.29 is 36.3 Å². The van der Waals surface area contributed by atoms with E-state index in [1.165, 1.54) is 0 Å². The average Bonchev–Trinajstić information content (AvgIpc) is 3.35. The van der Waals surface area contributed by atoms with Crippen LogP contribution in [0.15, 0.2) is 122 Å². The van der Waals surface area contributed by atoms with E-state index in [1.54, 1.807) is 0 Å². The first-order chi connectivity index (χ1) is 15.4. The Hall–Kier alpha value is -3.66. The van der Waals surface area contributed by atoms with Crippen LogP contribution in [-0.2, 0) is 22.4 Å². The van der Waals surface area contributed by atoms with Gasteiger partial charge in [-0.2, -0.15) is 0 Å². The van der Waals surface area contributed by atoms with Gasteiger partial charge in [-0.15, -0.1) is 0 Å². The molecule has 0 spiro atoms. The molecule has 2 aliphatic heterocycles. The minimum atomic E-state index is 0. The first kappa shape index (κ1) is 21.6. The summed E-state index contributed by atoms with van der Waals surface area (Å²) >= 11 is 0. The Kier molecular flexibility index (Phi) is 6.81. The van der Waals surface area contributed by atoms with E-state index >= 15 is 0 Å². The zero-order chi connectivity index (χ0) is 20.9. The molecule has 0 aliphatic carbocycles. The second kappa shape index (κ2) is 10.1. The number of nitrogens with zero attached hydrogens (tertiary/aromatic N) is 3. The van der Waals surface area contributed by atoms with Gasteiger partial charge in [0.05, 0.1) is 0 Å². The molecular formula is C27H20AuN3O+2. The molecule has 2 aliphatic rings. The van der Waals surface area contributed by atoms with Gasteiger partial charge in [0.2, 0.25) is 11.4 Å². The Morgan fingerprint density at radius 2 is 0.938 bits per heavy atom. The van der Waals surface area contributed by atoms with Crippen LogP contribution < -0.4 is 4.74 Å². The van der Waals surface area contributed by atoms with Crippen LogP contribution in [0, 0.1) is 0 Å². The molecule has 4 aromatic rings. The summed E-state index contributed by atoms with van der Waals surface area (Å²) in [7, 11) is 0. The molecule has 0 aromatic heterocycles. The van der Waals surface area contributed by atoms with Gasteiger partial charge < -0.3 is 10.1 Å². The number of ether oxygens (including phenoxy) is 1. The average molecular weight is 599 g/mol. The molecule has 32 heavy (non-hydrogen) atoms. The van der Waals surface area contributed by atoms with E-state index in [2.05, 4.69) is 35.6 Å². The second-order valence-corrected chi connectivity index (χ2v) is 6.96. The monoisotopic (exact) mass is 599 g/mol. The fourth-order valence-corrected chi connectivity index (χ4v) is 3.30. The number of rotatable bonds is 2. The summed E-state index contributed by atoms with van der Waals surface area (Å²) in [5.41, 5.74) is 4.02. The van der Waals surface area contributed by atoms with E-state index in [9.17, 15) is 0 Å². The van der Waals surface area contributed by atoms with Gasteiger partial charge in [0.1, 0.15) is 11.5 Å². The number of hydrogen-bond acceptors (Lipinski definition) is 1. The quantitative estimate of drug-likeness (QED) is 0.153. The van der Waals surface area contributed by atoms with Crippen molar-refractivity contribution in [2.24, 2.45) is 0 Å². The molecule has 0 radical (unpaired) electrons. The predicted molar refractivity (Wildman–Crippen MR) is 123 cm³/mol. The van der Waals surface area contributed by atoms with Gasteiger partial charge >= 0.3 is 28.4 Å². The van der Waals surface area contributed by atoms with Crippen molar-refractivity contribution in [3.63, 3.8) is 0 Å². The summed E-state index contributed by atoms with van der Waals surface area (Å²) in [6.07, 6.45) is 4.00. The van der Waals surface area contributed by atoms with Gasteiger partial charge in [-0.05, 0) is 12.1 Å². The maximum atomic E-state index is 5.68. The standard InChI is InChI=1S/C15H12N2.C12H8NO.Au/c1-3-7-14(8-4-1)16-11-12-17(13-16)15-9-5-2-6-10-15;1-3-7-11-9(5-1)13-10-6-2-4-8-12(10)14-11;/h1-12H;1-8H;/q+2;-1;+1. The van der Waals surface area contributed by atoms with E-state index in [0.29, 0.717) is 0 Å². The molecule has 0 unspecified atom stereocenters. The summed E-state index contributed by atoms with van der Waals surface area (Å²) in [5, 5.41) is 4.48. The third-order valence-corrected chi connectivity index (χ3v) is 4.84. The normalized spacial score (nSPS) is 12.4. The van der Waals surface area contributed by atoms with Gasteiger partial charge in [-0.1, -0.05) is 93.3 Å². The Labute approximate surface area is 203 Å². The number of para-hydroxylation sites is 6. The molecule has 0 saturated carbocycles.